The number of methoxy groups -OCH3 is 2. The highest BCUT2D eigenvalue weighted by molar-refractivity contribution is 6.16. The van der Waals surface area contributed by atoms with Gasteiger partial charge in [0.25, 0.3) is 5.91 Å². The van der Waals surface area contributed by atoms with E-state index in [1.807, 2.05) is 26.0 Å². The summed E-state index contributed by atoms with van der Waals surface area (Å²) in [7, 11) is 3.05. The Balaban J connectivity index is 1.78. The van der Waals surface area contributed by atoms with Crippen molar-refractivity contribution in [3.63, 3.8) is 0 Å². The molecule has 8 heteroatoms. The van der Waals surface area contributed by atoms with Crippen LogP contribution in [0.25, 0.3) is 6.08 Å². The summed E-state index contributed by atoms with van der Waals surface area (Å²) in [6.07, 6.45) is 1.55. The van der Waals surface area contributed by atoms with Gasteiger partial charge in [-0.05, 0) is 54.8 Å². The molecule has 0 bridgehead atoms. The quantitative estimate of drug-likeness (QED) is 0.565. The Bertz CT molecular complexity index is 1050. The minimum absolute atomic E-state index is 0.0824. The molecule has 1 aliphatic rings. The van der Waals surface area contributed by atoms with Crippen molar-refractivity contribution in [2.24, 2.45) is 0 Å². The molecule has 1 fully saturated rings. The Morgan fingerprint density at radius 1 is 1.07 bits per heavy atom. The number of imide groups is 1. The Labute approximate surface area is 174 Å². The molecule has 4 amide bonds. The van der Waals surface area contributed by atoms with Crippen LogP contribution in [-0.2, 0) is 9.59 Å². The van der Waals surface area contributed by atoms with Crippen LogP contribution in [0, 0.1) is 13.8 Å². The summed E-state index contributed by atoms with van der Waals surface area (Å²) in [6, 6.07) is 10.1. The predicted molar refractivity (Wildman–Crippen MR) is 112 cm³/mol. The first-order chi connectivity index (χ1) is 14.3. The van der Waals surface area contributed by atoms with E-state index in [2.05, 4.69) is 10.6 Å². The van der Waals surface area contributed by atoms with Crippen LogP contribution in [-0.4, -0.2) is 43.5 Å². The summed E-state index contributed by atoms with van der Waals surface area (Å²) >= 11 is 0. The zero-order chi connectivity index (χ0) is 21.8. The largest absolute Gasteiger partial charge is 0.493 e. The molecule has 2 aromatic carbocycles. The Kier molecular flexibility index (Phi) is 6.06. The van der Waals surface area contributed by atoms with Crippen LogP contribution in [0.4, 0.5) is 10.5 Å². The lowest BCUT2D eigenvalue weighted by Crippen LogP contribution is -2.38. The van der Waals surface area contributed by atoms with Gasteiger partial charge in [0.1, 0.15) is 12.2 Å². The number of rotatable bonds is 6. The van der Waals surface area contributed by atoms with E-state index in [-0.39, 0.29) is 12.2 Å². The molecule has 2 N–H and O–H groups in total. The molecule has 3 rings (SSSR count). The van der Waals surface area contributed by atoms with Crippen molar-refractivity contribution >= 4 is 29.6 Å². The number of amides is 4. The summed E-state index contributed by atoms with van der Waals surface area (Å²) in [6.45, 7) is 3.32. The molecule has 0 radical (unpaired) electrons. The van der Waals surface area contributed by atoms with Crippen LogP contribution in [0.3, 0.4) is 0 Å². The SMILES string of the molecule is COc1cc(C)c(/C=C2\NC(=O)N(CC(=O)Nc3ccccc3C)C2=O)cc1OC. The van der Waals surface area contributed by atoms with Crippen molar-refractivity contribution in [1.82, 2.24) is 10.2 Å². The fraction of sp³-hybridized carbons (Fsp3) is 0.227. The van der Waals surface area contributed by atoms with E-state index in [0.717, 1.165) is 16.0 Å². The lowest BCUT2D eigenvalue weighted by Gasteiger charge is -2.13. The van der Waals surface area contributed by atoms with Crippen LogP contribution < -0.4 is 20.1 Å². The number of nitrogens with zero attached hydrogens (tertiary/aromatic N) is 1. The highest BCUT2D eigenvalue weighted by atomic mass is 16.5. The average Bonchev–Trinajstić information content (AvgIpc) is 2.98. The van der Waals surface area contributed by atoms with Crippen molar-refractivity contribution in [2.75, 3.05) is 26.1 Å². The maximum atomic E-state index is 12.7. The van der Waals surface area contributed by atoms with Gasteiger partial charge < -0.3 is 20.1 Å². The van der Waals surface area contributed by atoms with E-state index in [0.29, 0.717) is 22.7 Å². The summed E-state index contributed by atoms with van der Waals surface area (Å²) in [5, 5.41) is 5.24. The number of benzene rings is 2. The zero-order valence-corrected chi connectivity index (χ0v) is 17.2. The van der Waals surface area contributed by atoms with Crippen molar-refractivity contribution in [2.45, 2.75) is 13.8 Å². The number of para-hydroxylation sites is 1. The number of hydrogen-bond acceptors (Lipinski definition) is 5. The first-order valence-corrected chi connectivity index (χ1v) is 9.26. The molecule has 156 valence electrons. The lowest BCUT2D eigenvalue weighted by atomic mass is 10.1. The summed E-state index contributed by atoms with van der Waals surface area (Å²) in [5.41, 5.74) is 3.11. The van der Waals surface area contributed by atoms with Crippen LogP contribution >= 0.6 is 0 Å². The molecule has 8 nitrogen and oxygen atoms in total. The van der Waals surface area contributed by atoms with E-state index in [1.54, 1.807) is 30.3 Å². The van der Waals surface area contributed by atoms with Gasteiger partial charge in [0, 0.05) is 5.69 Å². The second-order valence-corrected chi connectivity index (χ2v) is 6.81. The van der Waals surface area contributed by atoms with Crippen LogP contribution in [0.1, 0.15) is 16.7 Å². The third-order valence-corrected chi connectivity index (χ3v) is 4.76. The molecule has 30 heavy (non-hydrogen) atoms. The van der Waals surface area contributed by atoms with E-state index >= 15 is 0 Å². The van der Waals surface area contributed by atoms with Gasteiger partial charge in [-0.3, -0.25) is 9.59 Å². The second kappa shape index (κ2) is 8.69. The number of anilines is 1. The summed E-state index contributed by atoms with van der Waals surface area (Å²) < 4.78 is 10.6. The third kappa shape index (κ3) is 4.27. The summed E-state index contributed by atoms with van der Waals surface area (Å²) in [5.74, 6) is 0.0279. The van der Waals surface area contributed by atoms with Gasteiger partial charge in [0.2, 0.25) is 5.91 Å². The fourth-order valence-electron chi connectivity index (χ4n) is 3.07. The standard InChI is InChI=1S/C22H23N3O5/c1-13-7-5-6-8-16(13)23-20(26)12-25-21(27)17(24-22(25)28)10-15-11-19(30-4)18(29-3)9-14(15)2/h5-11H,12H2,1-4H3,(H,23,26)(H,24,28)/b17-10-. The van der Waals surface area contributed by atoms with Gasteiger partial charge in [-0.1, -0.05) is 18.2 Å². The predicted octanol–water partition coefficient (Wildman–Crippen LogP) is 2.85. The van der Waals surface area contributed by atoms with Crippen LogP contribution in [0.2, 0.25) is 0 Å². The first kappa shape index (κ1) is 20.9. The maximum Gasteiger partial charge on any atom is 0.329 e. The minimum atomic E-state index is -0.649. The third-order valence-electron chi connectivity index (χ3n) is 4.76. The van der Waals surface area contributed by atoms with Gasteiger partial charge in [-0.25, -0.2) is 9.69 Å². The topological polar surface area (TPSA) is 97.0 Å². The van der Waals surface area contributed by atoms with E-state index < -0.39 is 17.8 Å². The maximum absolute atomic E-state index is 12.7. The number of carbonyl (C=O) groups is 3. The van der Waals surface area contributed by atoms with Gasteiger partial charge >= 0.3 is 6.03 Å². The van der Waals surface area contributed by atoms with E-state index in [1.165, 1.54) is 14.2 Å². The number of aryl methyl sites for hydroxylation is 2. The molecule has 1 heterocycles. The number of hydrogen-bond donors (Lipinski definition) is 2. The molecule has 0 atom stereocenters. The molecular formula is C22H23N3O5. The number of carbonyl (C=O) groups excluding carboxylic acids is 3. The molecular weight excluding hydrogens is 386 g/mol. The highest BCUT2D eigenvalue weighted by Crippen LogP contribution is 2.31. The van der Waals surface area contributed by atoms with Gasteiger partial charge in [0.15, 0.2) is 11.5 Å². The molecule has 0 aromatic heterocycles. The molecule has 2 aromatic rings. The smallest absolute Gasteiger partial charge is 0.329 e. The first-order valence-electron chi connectivity index (χ1n) is 9.26. The van der Waals surface area contributed by atoms with Crippen molar-refractivity contribution < 1.29 is 23.9 Å². The zero-order valence-electron chi connectivity index (χ0n) is 17.2. The van der Waals surface area contributed by atoms with E-state index in [9.17, 15) is 14.4 Å². The fourth-order valence-corrected chi connectivity index (χ4v) is 3.07. The Hall–Kier alpha value is -3.81. The van der Waals surface area contributed by atoms with Gasteiger partial charge in [-0.2, -0.15) is 0 Å². The van der Waals surface area contributed by atoms with Crippen molar-refractivity contribution in [3.05, 3.63) is 58.8 Å². The number of ether oxygens (including phenoxy) is 2. The van der Waals surface area contributed by atoms with Gasteiger partial charge in [-0.15, -0.1) is 0 Å². The van der Waals surface area contributed by atoms with E-state index in [4.69, 9.17) is 9.47 Å². The Morgan fingerprint density at radius 2 is 1.73 bits per heavy atom. The van der Waals surface area contributed by atoms with Crippen molar-refractivity contribution in [3.8, 4) is 11.5 Å². The molecule has 1 aliphatic heterocycles. The monoisotopic (exact) mass is 409 g/mol. The Morgan fingerprint density at radius 3 is 2.40 bits per heavy atom. The summed E-state index contributed by atoms with van der Waals surface area (Å²) in [4.78, 5) is 38.2. The van der Waals surface area contributed by atoms with Crippen molar-refractivity contribution in [1.29, 1.82) is 0 Å². The lowest BCUT2D eigenvalue weighted by molar-refractivity contribution is -0.127. The highest BCUT2D eigenvalue weighted by Gasteiger charge is 2.35. The second-order valence-electron chi connectivity index (χ2n) is 6.81. The van der Waals surface area contributed by atoms with Crippen LogP contribution in [0.5, 0.6) is 11.5 Å². The molecule has 0 unspecified atom stereocenters. The molecule has 0 saturated carbocycles. The molecule has 1 saturated heterocycles. The number of urea groups is 1. The van der Waals surface area contributed by atoms with Gasteiger partial charge in [0.05, 0.1) is 14.2 Å². The number of nitrogens with one attached hydrogen (secondary N) is 2. The molecule has 0 spiro atoms. The average molecular weight is 409 g/mol. The van der Waals surface area contributed by atoms with Crippen LogP contribution in [0.15, 0.2) is 42.1 Å². The minimum Gasteiger partial charge on any atom is -0.493 e. The normalized spacial score (nSPS) is 14.7. The molecule has 0 aliphatic carbocycles.